The Hall–Kier alpha value is -1.83. The van der Waals surface area contributed by atoms with E-state index < -0.39 is 0 Å². The van der Waals surface area contributed by atoms with E-state index in [9.17, 15) is 0 Å². The maximum atomic E-state index is 4.02. The van der Waals surface area contributed by atoms with Gasteiger partial charge in [0.15, 0.2) is 0 Å². The molecule has 0 spiro atoms. The van der Waals surface area contributed by atoms with Gasteiger partial charge < -0.3 is 5.32 Å². The Labute approximate surface area is 103 Å². The van der Waals surface area contributed by atoms with Crippen LogP contribution in [0.5, 0.6) is 0 Å². The van der Waals surface area contributed by atoms with Gasteiger partial charge in [0.1, 0.15) is 0 Å². The third kappa shape index (κ3) is 3.59. The number of nitrogens with one attached hydrogen (secondary N) is 1. The molecular weight excluding hydrogens is 208 g/mol. The molecule has 17 heavy (non-hydrogen) atoms. The molecule has 0 aliphatic heterocycles. The van der Waals surface area contributed by atoms with Crippen LogP contribution in [-0.2, 0) is 6.42 Å². The fourth-order valence-electron chi connectivity index (χ4n) is 1.75. The first-order valence-electron chi connectivity index (χ1n) is 6.10. The first kappa shape index (κ1) is 11.6. The Morgan fingerprint density at radius 3 is 2.24 bits per heavy atom. The average molecular weight is 226 g/mol. The molecule has 0 aliphatic carbocycles. The van der Waals surface area contributed by atoms with Gasteiger partial charge in [-0.15, -0.1) is 0 Å². The predicted molar refractivity (Wildman–Crippen MR) is 72.3 cm³/mol. The van der Waals surface area contributed by atoms with Gasteiger partial charge in [-0.3, -0.25) is 4.98 Å². The Morgan fingerprint density at radius 2 is 1.59 bits per heavy atom. The summed E-state index contributed by atoms with van der Waals surface area (Å²) in [5, 5.41) is 3.38. The van der Waals surface area contributed by atoms with Crippen LogP contribution in [0.3, 0.4) is 0 Å². The monoisotopic (exact) mass is 226 g/mol. The molecule has 0 saturated carbocycles. The quantitative estimate of drug-likeness (QED) is 0.844. The van der Waals surface area contributed by atoms with Crippen LogP contribution >= 0.6 is 0 Å². The van der Waals surface area contributed by atoms with Crippen molar-refractivity contribution in [3.05, 3.63) is 59.9 Å². The molecular formula is C15H18N2. The summed E-state index contributed by atoms with van der Waals surface area (Å²) in [6.45, 7) is 3.20. The molecule has 2 aromatic rings. The summed E-state index contributed by atoms with van der Waals surface area (Å²) in [5.74, 6) is 0. The Morgan fingerprint density at radius 1 is 0.941 bits per heavy atom. The lowest BCUT2D eigenvalue weighted by atomic mass is 10.1. The van der Waals surface area contributed by atoms with Gasteiger partial charge in [-0.2, -0.15) is 0 Å². The third-order valence-electron chi connectivity index (χ3n) is 2.69. The standard InChI is InChI=1S/C15H18N2/c1-2-9-17-15-5-3-13(4-6-15)12-14-7-10-16-11-8-14/h3-8,10-11,17H,2,9,12H2,1H3. The molecule has 0 amide bonds. The second kappa shape index (κ2) is 6.04. The van der Waals surface area contributed by atoms with Crippen LogP contribution in [0.15, 0.2) is 48.8 Å². The zero-order chi connectivity index (χ0) is 11.9. The Kier molecular flexibility index (Phi) is 4.14. The van der Waals surface area contributed by atoms with Gasteiger partial charge in [0.2, 0.25) is 0 Å². The first-order valence-corrected chi connectivity index (χ1v) is 6.10. The van der Waals surface area contributed by atoms with E-state index in [1.807, 2.05) is 12.4 Å². The number of nitrogens with zero attached hydrogens (tertiary/aromatic N) is 1. The maximum Gasteiger partial charge on any atom is 0.0340 e. The summed E-state index contributed by atoms with van der Waals surface area (Å²) in [7, 11) is 0. The van der Waals surface area contributed by atoms with Crippen molar-refractivity contribution in [1.29, 1.82) is 0 Å². The summed E-state index contributed by atoms with van der Waals surface area (Å²) in [6, 6.07) is 12.8. The molecule has 2 rings (SSSR count). The molecule has 1 N–H and O–H groups in total. The van der Waals surface area contributed by atoms with Crippen LogP contribution < -0.4 is 5.32 Å². The van der Waals surface area contributed by atoms with Crippen molar-refractivity contribution in [1.82, 2.24) is 4.98 Å². The van der Waals surface area contributed by atoms with E-state index >= 15 is 0 Å². The van der Waals surface area contributed by atoms with E-state index in [-0.39, 0.29) is 0 Å². The SMILES string of the molecule is CCCNc1ccc(Cc2ccncc2)cc1. The topological polar surface area (TPSA) is 24.9 Å². The summed E-state index contributed by atoms with van der Waals surface area (Å²) < 4.78 is 0. The van der Waals surface area contributed by atoms with Gasteiger partial charge in [-0.25, -0.2) is 0 Å². The number of aromatic nitrogens is 1. The lowest BCUT2D eigenvalue weighted by Crippen LogP contribution is -1.99. The molecule has 88 valence electrons. The molecule has 0 saturated heterocycles. The van der Waals surface area contributed by atoms with Crippen LogP contribution in [0.4, 0.5) is 5.69 Å². The van der Waals surface area contributed by atoms with Crippen molar-refractivity contribution in [2.75, 3.05) is 11.9 Å². The summed E-state index contributed by atoms with van der Waals surface area (Å²) in [6.07, 6.45) is 5.80. The summed E-state index contributed by atoms with van der Waals surface area (Å²) in [4.78, 5) is 4.02. The van der Waals surface area contributed by atoms with Gasteiger partial charge in [-0.1, -0.05) is 19.1 Å². The number of rotatable bonds is 5. The van der Waals surface area contributed by atoms with E-state index in [1.54, 1.807) is 0 Å². The molecule has 0 unspecified atom stereocenters. The van der Waals surface area contributed by atoms with Crippen LogP contribution in [0.2, 0.25) is 0 Å². The molecule has 0 radical (unpaired) electrons. The Balaban J connectivity index is 1.98. The van der Waals surface area contributed by atoms with Crippen molar-refractivity contribution in [2.24, 2.45) is 0 Å². The van der Waals surface area contributed by atoms with Crippen molar-refractivity contribution in [3.8, 4) is 0 Å². The van der Waals surface area contributed by atoms with Gasteiger partial charge >= 0.3 is 0 Å². The highest BCUT2D eigenvalue weighted by Crippen LogP contribution is 2.13. The minimum absolute atomic E-state index is 0.969. The number of hydrogen-bond donors (Lipinski definition) is 1. The fraction of sp³-hybridized carbons (Fsp3) is 0.267. The molecule has 2 heteroatoms. The van der Waals surface area contributed by atoms with Gasteiger partial charge in [-0.05, 0) is 48.2 Å². The van der Waals surface area contributed by atoms with Crippen molar-refractivity contribution < 1.29 is 0 Å². The van der Waals surface area contributed by atoms with Crippen LogP contribution in [0.25, 0.3) is 0 Å². The third-order valence-corrected chi connectivity index (χ3v) is 2.69. The van der Waals surface area contributed by atoms with Crippen LogP contribution in [-0.4, -0.2) is 11.5 Å². The van der Waals surface area contributed by atoms with E-state index in [4.69, 9.17) is 0 Å². The molecule has 0 aliphatic rings. The second-order valence-corrected chi connectivity index (χ2v) is 4.16. The fourth-order valence-corrected chi connectivity index (χ4v) is 1.75. The van der Waals surface area contributed by atoms with Crippen molar-refractivity contribution in [2.45, 2.75) is 19.8 Å². The Bertz CT molecular complexity index is 434. The van der Waals surface area contributed by atoms with Crippen LogP contribution in [0, 0.1) is 0 Å². The number of hydrogen-bond acceptors (Lipinski definition) is 2. The van der Waals surface area contributed by atoms with E-state index in [0.29, 0.717) is 0 Å². The van der Waals surface area contributed by atoms with Crippen molar-refractivity contribution >= 4 is 5.69 Å². The average Bonchev–Trinajstić information content (AvgIpc) is 2.39. The molecule has 2 nitrogen and oxygen atoms in total. The van der Waals surface area contributed by atoms with Crippen LogP contribution in [0.1, 0.15) is 24.5 Å². The highest BCUT2D eigenvalue weighted by Gasteiger charge is 1.96. The minimum atomic E-state index is 0.969. The second-order valence-electron chi connectivity index (χ2n) is 4.16. The molecule has 1 aromatic heterocycles. The maximum absolute atomic E-state index is 4.02. The predicted octanol–water partition coefficient (Wildman–Crippen LogP) is 3.49. The number of anilines is 1. The van der Waals surface area contributed by atoms with Gasteiger partial charge in [0.25, 0.3) is 0 Å². The molecule has 1 heterocycles. The normalized spacial score (nSPS) is 10.2. The summed E-state index contributed by atoms with van der Waals surface area (Å²) in [5.41, 5.74) is 3.83. The number of benzene rings is 1. The van der Waals surface area contributed by atoms with E-state index in [0.717, 1.165) is 19.4 Å². The molecule has 0 bridgehead atoms. The largest absolute Gasteiger partial charge is 0.385 e. The zero-order valence-electron chi connectivity index (χ0n) is 10.2. The lowest BCUT2D eigenvalue weighted by molar-refractivity contribution is 0.979. The minimum Gasteiger partial charge on any atom is -0.385 e. The molecule has 1 aromatic carbocycles. The van der Waals surface area contributed by atoms with E-state index in [1.165, 1.54) is 16.8 Å². The lowest BCUT2D eigenvalue weighted by Gasteiger charge is -2.06. The van der Waals surface area contributed by atoms with Gasteiger partial charge in [0, 0.05) is 24.6 Å². The highest BCUT2D eigenvalue weighted by atomic mass is 14.9. The number of pyridine rings is 1. The first-order chi connectivity index (χ1) is 8.38. The zero-order valence-corrected chi connectivity index (χ0v) is 10.2. The highest BCUT2D eigenvalue weighted by molar-refractivity contribution is 5.45. The van der Waals surface area contributed by atoms with E-state index in [2.05, 4.69) is 53.6 Å². The molecule has 0 atom stereocenters. The smallest absolute Gasteiger partial charge is 0.0340 e. The van der Waals surface area contributed by atoms with Gasteiger partial charge in [0.05, 0.1) is 0 Å². The summed E-state index contributed by atoms with van der Waals surface area (Å²) >= 11 is 0. The molecule has 0 fully saturated rings. The van der Waals surface area contributed by atoms with Crippen molar-refractivity contribution in [3.63, 3.8) is 0 Å².